The molecule has 0 spiro atoms. The first kappa shape index (κ1) is 25.4. The average molecular weight is 510 g/mol. The molecule has 9 nitrogen and oxygen atoms in total. The molecule has 1 fully saturated rings. The maximum Gasteiger partial charge on any atom is 0.253 e. The number of rotatable bonds is 9. The highest BCUT2D eigenvalue weighted by Gasteiger charge is 2.36. The number of benzene rings is 1. The van der Waals surface area contributed by atoms with Crippen molar-refractivity contribution < 1.29 is 14.4 Å². The highest BCUT2D eigenvalue weighted by Crippen LogP contribution is 2.23. The van der Waals surface area contributed by atoms with E-state index >= 15 is 0 Å². The standard InChI is InChI=1S/C26H28ClN5O4/c27-21-7-8-22(33)32(17-21)23(24(34)19-5-2-1-3-6-19)26(36)31-14-9-20(10-15-31)25(35)29-11-4-13-30-16-12-28-18-30/h1-3,5-8,12,16-18,20,23H,4,9-11,13-15H2,(H,29,35)/t23-/m0/s1. The first-order valence-corrected chi connectivity index (χ1v) is 12.3. The van der Waals surface area contributed by atoms with Gasteiger partial charge in [-0.2, -0.15) is 0 Å². The number of carbonyl (C=O) groups is 3. The third-order valence-electron chi connectivity index (χ3n) is 6.35. The van der Waals surface area contributed by atoms with Crippen LogP contribution in [0, 0.1) is 5.92 Å². The number of hydrogen-bond acceptors (Lipinski definition) is 5. The van der Waals surface area contributed by atoms with Gasteiger partial charge >= 0.3 is 0 Å². The van der Waals surface area contributed by atoms with E-state index < -0.39 is 23.3 Å². The third-order valence-corrected chi connectivity index (χ3v) is 6.57. The molecule has 3 aromatic rings. The summed E-state index contributed by atoms with van der Waals surface area (Å²) in [4.78, 5) is 57.7. The van der Waals surface area contributed by atoms with Gasteiger partial charge in [-0.1, -0.05) is 41.9 Å². The van der Waals surface area contributed by atoms with E-state index in [1.54, 1.807) is 47.8 Å². The van der Waals surface area contributed by atoms with Gasteiger partial charge in [0.05, 0.1) is 11.3 Å². The van der Waals surface area contributed by atoms with Crippen LogP contribution in [0.15, 0.2) is 72.2 Å². The Morgan fingerprint density at radius 2 is 1.83 bits per heavy atom. The zero-order valence-corrected chi connectivity index (χ0v) is 20.5. The molecular weight excluding hydrogens is 482 g/mol. The summed E-state index contributed by atoms with van der Waals surface area (Å²) < 4.78 is 3.05. The van der Waals surface area contributed by atoms with Crippen LogP contribution >= 0.6 is 11.6 Å². The molecule has 0 radical (unpaired) electrons. The van der Waals surface area contributed by atoms with Crippen LogP contribution in [0.25, 0.3) is 0 Å². The van der Waals surface area contributed by atoms with Gasteiger partial charge in [-0.15, -0.1) is 0 Å². The van der Waals surface area contributed by atoms with Crippen LogP contribution in [-0.2, 0) is 16.1 Å². The third kappa shape index (κ3) is 6.09. The van der Waals surface area contributed by atoms with Gasteiger partial charge in [0.2, 0.25) is 5.91 Å². The monoisotopic (exact) mass is 509 g/mol. The Hall–Kier alpha value is -3.72. The van der Waals surface area contributed by atoms with E-state index in [1.165, 1.54) is 18.3 Å². The summed E-state index contributed by atoms with van der Waals surface area (Å²) in [6.07, 6.45) is 8.40. The van der Waals surface area contributed by atoms with Crippen molar-refractivity contribution in [2.24, 2.45) is 5.92 Å². The number of amides is 2. The smallest absolute Gasteiger partial charge is 0.253 e. The van der Waals surface area contributed by atoms with Gasteiger partial charge in [0.25, 0.3) is 11.5 Å². The summed E-state index contributed by atoms with van der Waals surface area (Å²) in [5.74, 6) is -1.20. The van der Waals surface area contributed by atoms with E-state index in [0.29, 0.717) is 38.0 Å². The Labute approximate surface area is 213 Å². The molecular formula is C26H28ClN5O4. The van der Waals surface area contributed by atoms with E-state index in [9.17, 15) is 19.2 Å². The first-order valence-electron chi connectivity index (χ1n) is 11.9. The first-order chi connectivity index (χ1) is 17.4. The van der Waals surface area contributed by atoms with Crippen LogP contribution in [0.1, 0.15) is 35.7 Å². The number of aryl methyl sites for hydroxylation is 1. The van der Waals surface area contributed by atoms with E-state index in [-0.39, 0.29) is 16.8 Å². The Bertz CT molecular complexity index is 1250. The van der Waals surface area contributed by atoms with E-state index in [1.807, 2.05) is 10.8 Å². The van der Waals surface area contributed by atoms with Crippen molar-refractivity contribution in [1.29, 1.82) is 0 Å². The molecule has 1 aliphatic heterocycles. The summed E-state index contributed by atoms with van der Waals surface area (Å²) in [6, 6.07) is 9.70. The number of imidazole rings is 1. The van der Waals surface area contributed by atoms with Gasteiger partial charge in [-0.3, -0.25) is 23.7 Å². The van der Waals surface area contributed by atoms with Gasteiger partial charge in [0.1, 0.15) is 0 Å². The number of carbonyl (C=O) groups excluding carboxylic acids is 3. The van der Waals surface area contributed by atoms with Crippen LogP contribution in [0.5, 0.6) is 0 Å². The number of hydrogen-bond donors (Lipinski definition) is 1. The number of halogens is 1. The summed E-state index contributed by atoms with van der Waals surface area (Å²) in [5, 5.41) is 3.22. The summed E-state index contributed by atoms with van der Waals surface area (Å²) in [7, 11) is 0. The van der Waals surface area contributed by atoms with Crippen LogP contribution in [0.4, 0.5) is 0 Å². The van der Waals surface area contributed by atoms with Crippen molar-refractivity contribution in [3.63, 3.8) is 0 Å². The fourth-order valence-electron chi connectivity index (χ4n) is 4.37. The van der Waals surface area contributed by atoms with Gasteiger partial charge in [-0.05, 0) is 25.3 Å². The maximum absolute atomic E-state index is 13.6. The predicted molar refractivity (Wildman–Crippen MR) is 135 cm³/mol. The van der Waals surface area contributed by atoms with Crippen LogP contribution < -0.4 is 10.9 Å². The second-order valence-electron chi connectivity index (χ2n) is 8.77. The molecule has 1 atom stereocenters. The van der Waals surface area contributed by atoms with Gasteiger partial charge in [0.15, 0.2) is 11.8 Å². The molecule has 0 saturated carbocycles. The minimum atomic E-state index is -1.37. The van der Waals surface area contributed by atoms with Gasteiger partial charge in [-0.25, -0.2) is 4.98 Å². The second kappa shape index (κ2) is 11.8. The quantitative estimate of drug-likeness (QED) is 0.271. The van der Waals surface area contributed by atoms with Crippen molar-refractivity contribution in [2.75, 3.05) is 19.6 Å². The molecule has 0 bridgehead atoms. The van der Waals surface area contributed by atoms with Crippen LogP contribution in [0.3, 0.4) is 0 Å². The molecule has 3 heterocycles. The van der Waals surface area contributed by atoms with Gasteiger partial charge in [0, 0.05) is 62.3 Å². The Balaban J connectivity index is 1.40. The fraction of sp³-hybridized carbons (Fsp3) is 0.346. The molecule has 0 aliphatic carbocycles. The Morgan fingerprint density at radius 1 is 1.08 bits per heavy atom. The number of pyridine rings is 1. The number of piperidine rings is 1. The molecule has 1 aromatic carbocycles. The number of ketones is 1. The molecule has 1 saturated heterocycles. The van der Waals surface area contributed by atoms with Crippen molar-refractivity contribution in [2.45, 2.75) is 31.8 Å². The second-order valence-corrected chi connectivity index (χ2v) is 9.21. The topological polar surface area (TPSA) is 106 Å². The molecule has 1 N–H and O–H groups in total. The number of Topliss-reactive ketones (excluding diaryl/α,β-unsaturated/α-hetero) is 1. The van der Waals surface area contributed by atoms with Gasteiger partial charge < -0.3 is 14.8 Å². The molecule has 2 amide bonds. The lowest BCUT2D eigenvalue weighted by molar-refractivity contribution is -0.137. The molecule has 4 rings (SSSR count). The predicted octanol–water partition coefficient (Wildman–Crippen LogP) is 2.57. The van der Waals surface area contributed by atoms with Crippen molar-refractivity contribution in [3.8, 4) is 0 Å². The van der Waals surface area contributed by atoms with Crippen LogP contribution in [-0.4, -0.2) is 56.2 Å². The highest BCUT2D eigenvalue weighted by molar-refractivity contribution is 6.30. The normalized spacial score (nSPS) is 14.9. The molecule has 0 unspecified atom stereocenters. The number of aromatic nitrogens is 3. The lowest BCUT2D eigenvalue weighted by atomic mass is 9.94. The molecule has 2 aromatic heterocycles. The van der Waals surface area contributed by atoms with E-state index in [4.69, 9.17) is 11.6 Å². The summed E-state index contributed by atoms with van der Waals surface area (Å²) >= 11 is 6.09. The average Bonchev–Trinajstić information content (AvgIpc) is 3.43. The maximum atomic E-state index is 13.6. The summed E-state index contributed by atoms with van der Waals surface area (Å²) in [5.41, 5.74) is -0.167. The zero-order valence-electron chi connectivity index (χ0n) is 19.8. The fourth-order valence-corrected chi connectivity index (χ4v) is 4.54. The molecule has 36 heavy (non-hydrogen) atoms. The molecule has 1 aliphatic rings. The largest absolute Gasteiger partial charge is 0.356 e. The van der Waals surface area contributed by atoms with E-state index in [2.05, 4.69) is 10.3 Å². The highest BCUT2D eigenvalue weighted by atomic mass is 35.5. The molecule has 10 heteroatoms. The Kier molecular flexibility index (Phi) is 8.32. The number of nitrogens with zero attached hydrogens (tertiary/aromatic N) is 4. The zero-order chi connectivity index (χ0) is 25.5. The lowest BCUT2D eigenvalue weighted by Crippen LogP contribution is -2.48. The Morgan fingerprint density at radius 3 is 2.53 bits per heavy atom. The van der Waals surface area contributed by atoms with Crippen molar-refractivity contribution in [1.82, 2.24) is 24.3 Å². The summed E-state index contributed by atoms with van der Waals surface area (Å²) in [6.45, 7) is 1.97. The minimum Gasteiger partial charge on any atom is -0.356 e. The minimum absolute atomic E-state index is 0.0318. The molecule has 188 valence electrons. The van der Waals surface area contributed by atoms with Crippen molar-refractivity contribution >= 4 is 29.2 Å². The van der Waals surface area contributed by atoms with Crippen molar-refractivity contribution in [3.05, 3.63) is 88.3 Å². The lowest BCUT2D eigenvalue weighted by Gasteiger charge is -2.33. The SMILES string of the molecule is O=C(NCCCn1ccnc1)C1CCN(C(=O)[C@H](C(=O)c2ccccc2)n2cc(Cl)ccc2=O)CC1. The number of likely N-dealkylation sites (tertiary alicyclic amines) is 1. The number of nitrogens with one attached hydrogen (secondary N) is 1. The van der Waals surface area contributed by atoms with E-state index in [0.717, 1.165) is 17.5 Å². The van der Waals surface area contributed by atoms with Crippen LogP contribution in [0.2, 0.25) is 5.02 Å².